The van der Waals surface area contributed by atoms with E-state index >= 15 is 0 Å². The van der Waals surface area contributed by atoms with Gasteiger partial charge in [0.05, 0.1) is 11.6 Å². The highest BCUT2D eigenvalue weighted by molar-refractivity contribution is 7.09. The first-order chi connectivity index (χ1) is 8.70. The average molecular weight is 265 g/mol. The van der Waals surface area contributed by atoms with Crippen LogP contribution in [-0.2, 0) is 6.54 Å². The third kappa shape index (κ3) is 2.96. The van der Waals surface area contributed by atoms with E-state index in [1.165, 1.54) is 0 Å². The molecule has 0 spiro atoms. The largest absolute Gasteiger partial charge is 0.455 e. The number of nitrogens with one attached hydrogen (secondary N) is 1. The van der Waals surface area contributed by atoms with Gasteiger partial charge in [-0.1, -0.05) is 6.92 Å². The molecule has 5 nitrogen and oxygen atoms in total. The lowest BCUT2D eigenvalue weighted by Crippen LogP contribution is -2.27. The van der Waals surface area contributed by atoms with E-state index in [1.54, 1.807) is 29.7 Å². The summed E-state index contributed by atoms with van der Waals surface area (Å²) in [5.74, 6) is 0.867. The van der Waals surface area contributed by atoms with E-state index in [4.69, 9.17) is 10.2 Å². The topological polar surface area (TPSA) is 81.2 Å². The van der Waals surface area contributed by atoms with Crippen molar-refractivity contribution in [1.82, 2.24) is 10.3 Å². The van der Waals surface area contributed by atoms with Crippen LogP contribution in [-0.4, -0.2) is 17.4 Å². The van der Waals surface area contributed by atoms with Gasteiger partial charge in [0, 0.05) is 24.0 Å². The molecule has 0 saturated heterocycles. The van der Waals surface area contributed by atoms with Crippen molar-refractivity contribution in [3.63, 3.8) is 0 Å². The van der Waals surface area contributed by atoms with Gasteiger partial charge in [0.25, 0.3) is 5.91 Å². The van der Waals surface area contributed by atoms with Gasteiger partial charge < -0.3 is 15.5 Å². The molecule has 1 amide bonds. The first-order valence-corrected chi connectivity index (χ1v) is 6.55. The van der Waals surface area contributed by atoms with Crippen LogP contribution in [0.5, 0.6) is 0 Å². The summed E-state index contributed by atoms with van der Waals surface area (Å²) in [6.07, 6.45) is 1.76. The van der Waals surface area contributed by atoms with Crippen LogP contribution in [0, 0.1) is 0 Å². The minimum absolute atomic E-state index is 0.192. The Balaban J connectivity index is 1.88. The molecule has 0 bridgehead atoms. The third-order valence-corrected chi connectivity index (χ3v) is 3.54. The van der Waals surface area contributed by atoms with Gasteiger partial charge in [-0.25, -0.2) is 4.98 Å². The summed E-state index contributed by atoms with van der Waals surface area (Å²) in [5, 5.41) is 5.75. The number of nitrogens with zero attached hydrogens (tertiary/aromatic N) is 1. The highest BCUT2D eigenvalue weighted by atomic mass is 32.1. The number of furan rings is 1. The van der Waals surface area contributed by atoms with E-state index in [2.05, 4.69) is 10.3 Å². The molecule has 0 aliphatic rings. The Hall–Kier alpha value is -1.66. The number of rotatable bonds is 5. The first-order valence-electron chi connectivity index (χ1n) is 5.67. The predicted octanol–water partition coefficient (Wildman–Crippen LogP) is 1.73. The molecule has 2 aromatic heterocycles. The molecule has 0 fully saturated rings. The summed E-state index contributed by atoms with van der Waals surface area (Å²) in [5.41, 5.74) is 5.42. The number of hydrogen-bond acceptors (Lipinski definition) is 5. The maximum atomic E-state index is 11.8. The molecule has 0 aliphatic heterocycles. The van der Waals surface area contributed by atoms with Crippen molar-refractivity contribution >= 4 is 17.2 Å². The number of amides is 1. The highest BCUT2D eigenvalue weighted by Gasteiger charge is 2.13. The van der Waals surface area contributed by atoms with Gasteiger partial charge in [0.15, 0.2) is 5.76 Å². The number of carbonyl (C=O) groups is 1. The fourth-order valence-electron chi connectivity index (χ4n) is 1.51. The Morgan fingerprint density at radius 3 is 3.06 bits per heavy atom. The molecule has 2 rings (SSSR count). The molecule has 96 valence electrons. The smallest absolute Gasteiger partial charge is 0.287 e. The first kappa shape index (κ1) is 12.8. The van der Waals surface area contributed by atoms with Gasteiger partial charge >= 0.3 is 0 Å². The van der Waals surface area contributed by atoms with Gasteiger partial charge in [-0.3, -0.25) is 4.79 Å². The van der Waals surface area contributed by atoms with E-state index in [-0.39, 0.29) is 11.8 Å². The van der Waals surface area contributed by atoms with Crippen molar-refractivity contribution in [2.75, 3.05) is 6.54 Å². The normalized spacial score (nSPS) is 12.3. The monoisotopic (exact) mass is 265 g/mol. The predicted molar refractivity (Wildman–Crippen MR) is 69.5 cm³/mol. The number of nitrogens with two attached hydrogens (primary N) is 1. The Bertz CT molecular complexity index is 507. The number of carbonyl (C=O) groups excluding carboxylic acids is 1. The van der Waals surface area contributed by atoms with Gasteiger partial charge in [0.2, 0.25) is 0 Å². The lowest BCUT2D eigenvalue weighted by Gasteiger charge is -2.08. The minimum atomic E-state index is -0.224. The molecule has 0 radical (unpaired) electrons. The van der Waals surface area contributed by atoms with Crippen molar-refractivity contribution < 1.29 is 9.21 Å². The number of aromatic nitrogens is 1. The molecule has 0 aliphatic carbocycles. The Labute approximate surface area is 109 Å². The van der Waals surface area contributed by atoms with Gasteiger partial charge in [-0.05, 0) is 12.1 Å². The maximum Gasteiger partial charge on any atom is 0.287 e. The van der Waals surface area contributed by atoms with Gasteiger partial charge in [-0.15, -0.1) is 11.3 Å². The van der Waals surface area contributed by atoms with Gasteiger partial charge in [0.1, 0.15) is 5.76 Å². The van der Waals surface area contributed by atoms with Crippen LogP contribution in [0.1, 0.15) is 34.2 Å². The van der Waals surface area contributed by atoms with Crippen molar-refractivity contribution in [1.29, 1.82) is 0 Å². The summed E-state index contributed by atoms with van der Waals surface area (Å²) >= 11 is 1.58. The number of hydrogen-bond donors (Lipinski definition) is 2. The second-order valence-corrected chi connectivity index (χ2v) is 4.88. The van der Waals surface area contributed by atoms with Crippen molar-refractivity contribution in [3.8, 4) is 0 Å². The zero-order chi connectivity index (χ0) is 13.0. The summed E-state index contributed by atoms with van der Waals surface area (Å²) in [6.45, 7) is 2.85. The molecular formula is C12H15N3O2S. The summed E-state index contributed by atoms with van der Waals surface area (Å²) in [6, 6.07) is 3.34. The molecular weight excluding hydrogens is 250 g/mol. The minimum Gasteiger partial charge on any atom is -0.455 e. The fraction of sp³-hybridized carbons (Fsp3) is 0.333. The zero-order valence-corrected chi connectivity index (χ0v) is 10.9. The summed E-state index contributed by atoms with van der Waals surface area (Å²) < 4.78 is 5.27. The van der Waals surface area contributed by atoms with Crippen LogP contribution < -0.4 is 11.1 Å². The van der Waals surface area contributed by atoms with Crippen LogP contribution in [0.3, 0.4) is 0 Å². The standard InChI is InChI=1S/C12H15N3O2S/c1-8(12-14-4-5-18-12)7-15-11(16)10-3-2-9(6-13)17-10/h2-5,8H,6-7,13H2,1H3,(H,15,16). The maximum absolute atomic E-state index is 11.8. The molecule has 1 atom stereocenters. The van der Waals surface area contributed by atoms with E-state index < -0.39 is 0 Å². The van der Waals surface area contributed by atoms with Gasteiger partial charge in [-0.2, -0.15) is 0 Å². The average Bonchev–Trinajstić information content (AvgIpc) is 3.05. The molecule has 0 aromatic carbocycles. The van der Waals surface area contributed by atoms with E-state index in [1.807, 2.05) is 12.3 Å². The summed E-state index contributed by atoms with van der Waals surface area (Å²) in [7, 11) is 0. The van der Waals surface area contributed by atoms with Crippen LogP contribution in [0.4, 0.5) is 0 Å². The van der Waals surface area contributed by atoms with Crippen LogP contribution in [0.25, 0.3) is 0 Å². The quantitative estimate of drug-likeness (QED) is 0.862. The SMILES string of the molecule is CC(CNC(=O)c1ccc(CN)o1)c1nccs1. The van der Waals surface area contributed by atoms with Crippen molar-refractivity contribution in [2.24, 2.45) is 5.73 Å². The second kappa shape index (κ2) is 5.79. The second-order valence-electron chi connectivity index (χ2n) is 3.95. The number of thiazole rings is 1. The van der Waals surface area contributed by atoms with Crippen molar-refractivity contribution in [2.45, 2.75) is 19.4 Å². The Morgan fingerprint density at radius 1 is 1.61 bits per heavy atom. The highest BCUT2D eigenvalue weighted by Crippen LogP contribution is 2.16. The van der Waals surface area contributed by atoms with E-state index in [0.29, 0.717) is 24.6 Å². The lowest BCUT2D eigenvalue weighted by atomic mass is 10.2. The molecule has 18 heavy (non-hydrogen) atoms. The van der Waals surface area contributed by atoms with E-state index in [0.717, 1.165) is 5.01 Å². The molecule has 2 aromatic rings. The Kier molecular flexibility index (Phi) is 4.11. The van der Waals surface area contributed by atoms with Crippen LogP contribution >= 0.6 is 11.3 Å². The van der Waals surface area contributed by atoms with Crippen LogP contribution in [0.15, 0.2) is 28.1 Å². The van der Waals surface area contributed by atoms with Crippen LogP contribution in [0.2, 0.25) is 0 Å². The fourth-order valence-corrected chi connectivity index (χ4v) is 2.21. The zero-order valence-electron chi connectivity index (χ0n) is 10.1. The molecule has 1 unspecified atom stereocenters. The molecule has 6 heteroatoms. The molecule has 3 N–H and O–H groups in total. The molecule has 2 heterocycles. The third-order valence-electron chi connectivity index (χ3n) is 2.53. The molecule has 0 saturated carbocycles. The Morgan fingerprint density at radius 2 is 2.44 bits per heavy atom. The van der Waals surface area contributed by atoms with Crippen molar-refractivity contribution in [3.05, 3.63) is 40.2 Å². The summed E-state index contributed by atoms with van der Waals surface area (Å²) in [4.78, 5) is 16.0. The van der Waals surface area contributed by atoms with E-state index in [9.17, 15) is 4.79 Å². The lowest BCUT2D eigenvalue weighted by molar-refractivity contribution is 0.0922.